The van der Waals surface area contributed by atoms with E-state index in [-0.39, 0.29) is 5.91 Å². The molecule has 1 aromatic rings. The Labute approximate surface area is 90.4 Å². The average Bonchev–Trinajstić information content (AvgIpc) is 2.69. The zero-order valence-corrected chi connectivity index (χ0v) is 9.49. The molecule has 0 spiro atoms. The smallest absolute Gasteiger partial charge is 0.249 e. The largest absolute Gasteiger partial charge is 0.467 e. The predicted molar refractivity (Wildman–Crippen MR) is 59.2 cm³/mol. The van der Waals surface area contributed by atoms with Gasteiger partial charge in [-0.05, 0) is 25.5 Å². The van der Waals surface area contributed by atoms with Gasteiger partial charge >= 0.3 is 0 Å². The van der Waals surface area contributed by atoms with E-state index in [1.165, 1.54) is 0 Å². The predicted octanol–water partition coefficient (Wildman–Crippen LogP) is 2.59. The van der Waals surface area contributed by atoms with Gasteiger partial charge in [0.1, 0.15) is 5.76 Å². The van der Waals surface area contributed by atoms with Crippen LogP contribution in [-0.2, 0) is 11.3 Å². The Kier molecular flexibility index (Phi) is 4.16. The molecule has 0 aliphatic heterocycles. The molecule has 0 aliphatic rings. The van der Waals surface area contributed by atoms with Crippen molar-refractivity contribution in [2.24, 2.45) is 0 Å². The Bertz CT molecular complexity index is 339. The van der Waals surface area contributed by atoms with E-state index in [9.17, 15) is 4.79 Å². The third-order valence-electron chi connectivity index (χ3n) is 2.17. The second-order valence-electron chi connectivity index (χ2n) is 3.54. The maximum absolute atomic E-state index is 11.8. The highest BCUT2D eigenvalue weighted by Crippen LogP contribution is 2.07. The van der Waals surface area contributed by atoms with Gasteiger partial charge in [0.2, 0.25) is 5.91 Å². The van der Waals surface area contributed by atoms with Crippen LogP contribution in [0.3, 0.4) is 0 Å². The van der Waals surface area contributed by atoms with E-state index in [2.05, 4.69) is 0 Å². The summed E-state index contributed by atoms with van der Waals surface area (Å²) in [5.74, 6) is 0.850. The molecule has 0 fully saturated rings. The highest BCUT2D eigenvalue weighted by molar-refractivity contribution is 5.92. The maximum Gasteiger partial charge on any atom is 0.249 e. The molecule has 1 heterocycles. The van der Waals surface area contributed by atoms with Crippen LogP contribution in [0.1, 0.15) is 26.0 Å². The first-order chi connectivity index (χ1) is 7.15. The van der Waals surface area contributed by atoms with Gasteiger partial charge in [-0.3, -0.25) is 4.79 Å². The average molecular weight is 207 g/mol. The molecule has 15 heavy (non-hydrogen) atoms. The summed E-state index contributed by atoms with van der Waals surface area (Å²) >= 11 is 0. The SMILES string of the molecule is CC/C=C(\C)C(=O)N(C)Cc1ccco1. The molecule has 3 nitrogen and oxygen atoms in total. The van der Waals surface area contributed by atoms with Gasteiger partial charge in [-0.2, -0.15) is 0 Å². The van der Waals surface area contributed by atoms with Crippen LogP contribution in [-0.4, -0.2) is 17.9 Å². The lowest BCUT2D eigenvalue weighted by molar-refractivity contribution is -0.126. The molecule has 0 unspecified atom stereocenters. The van der Waals surface area contributed by atoms with Gasteiger partial charge in [0.15, 0.2) is 0 Å². The Morgan fingerprint density at radius 3 is 2.87 bits per heavy atom. The minimum absolute atomic E-state index is 0.0493. The van der Waals surface area contributed by atoms with Gasteiger partial charge in [-0.25, -0.2) is 0 Å². The zero-order valence-electron chi connectivity index (χ0n) is 9.49. The first-order valence-electron chi connectivity index (χ1n) is 5.09. The lowest BCUT2D eigenvalue weighted by atomic mass is 10.2. The van der Waals surface area contributed by atoms with Gasteiger partial charge in [-0.15, -0.1) is 0 Å². The fourth-order valence-corrected chi connectivity index (χ4v) is 1.40. The number of amides is 1. The summed E-state index contributed by atoms with van der Waals surface area (Å²) in [6.07, 6.45) is 4.43. The van der Waals surface area contributed by atoms with Crippen LogP contribution < -0.4 is 0 Å². The van der Waals surface area contributed by atoms with Crippen molar-refractivity contribution in [3.8, 4) is 0 Å². The number of furan rings is 1. The third-order valence-corrected chi connectivity index (χ3v) is 2.17. The summed E-state index contributed by atoms with van der Waals surface area (Å²) in [5.41, 5.74) is 0.784. The van der Waals surface area contributed by atoms with E-state index >= 15 is 0 Å². The molecule has 3 heteroatoms. The quantitative estimate of drug-likeness (QED) is 0.711. The molecule has 1 amide bonds. The minimum atomic E-state index is 0.0493. The number of rotatable bonds is 4. The lowest BCUT2D eigenvalue weighted by Crippen LogP contribution is -2.26. The van der Waals surface area contributed by atoms with E-state index in [4.69, 9.17) is 4.42 Å². The van der Waals surface area contributed by atoms with E-state index in [1.54, 1.807) is 18.2 Å². The Balaban J connectivity index is 2.57. The molecule has 0 atom stereocenters. The first kappa shape index (κ1) is 11.6. The summed E-state index contributed by atoms with van der Waals surface area (Å²) in [6.45, 7) is 4.37. The van der Waals surface area contributed by atoms with Crippen molar-refractivity contribution in [1.29, 1.82) is 0 Å². The second kappa shape index (κ2) is 5.39. The van der Waals surface area contributed by atoms with Crippen molar-refractivity contribution < 1.29 is 9.21 Å². The number of carbonyl (C=O) groups excluding carboxylic acids is 1. The van der Waals surface area contributed by atoms with Gasteiger partial charge in [0.25, 0.3) is 0 Å². The molecule has 0 saturated heterocycles. The number of hydrogen-bond donors (Lipinski definition) is 0. The van der Waals surface area contributed by atoms with E-state index in [0.717, 1.165) is 17.8 Å². The summed E-state index contributed by atoms with van der Waals surface area (Å²) in [5, 5.41) is 0. The zero-order chi connectivity index (χ0) is 11.3. The van der Waals surface area contributed by atoms with Crippen molar-refractivity contribution in [2.45, 2.75) is 26.8 Å². The van der Waals surface area contributed by atoms with Crippen molar-refractivity contribution >= 4 is 5.91 Å². The molecule has 82 valence electrons. The number of allylic oxidation sites excluding steroid dienone is 1. The highest BCUT2D eigenvalue weighted by atomic mass is 16.3. The normalized spacial score (nSPS) is 11.5. The van der Waals surface area contributed by atoms with E-state index in [1.807, 2.05) is 32.1 Å². The first-order valence-corrected chi connectivity index (χ1v) is 5.09. The van der Waals surface area contributed by atoms with Gasteiger partial charge in [-0.1, -0.05) is 13.0 Å². The highest BCUT2D eigenvalue weighted by Gasteiger charge is 2.11. The van der Waals surface area contributed by atoms with E-state index in [0.29, 0.717) is 6.54 Å². The van der Waals surface area contributed by atoms with Crippen LogP contribution in [0.5, 0.6) is 0 Å². The number of carbonyl (C=O) groups is 1. The third kappa shape index (κ3) is 3.27. The topological polar surface area (TPSA) is 33.5 Å². The van der Waals surface area contributed by atoms with Crippen molar-refractivity contribution in [2.75, 3.05) is 7.05 Å². The summed E-state index contributed by atoms with van der Waals surface area (Å²) < 4.78 is 5.18. The Hall–Kier alpha value is -1.51. The monoisotopic (exact) mass is 207 g/mol. The van der Waals surface area contributed by atoms with Crippen LogP contribution in [0, 0.1) is 0 Å². The molecule has 0 saturated carbocycles. The molecule has 0 aromatic carbocycles. The standard InChI is InChI=1S/C12H17NO2/c1-4-6-10(2)12(14)13(3)9-11-7-5-8-15-11/h5-8H,4,9H2,1-3H3/b10-6+. The van der Waals surface area contributed by atoms with Crippen LogP contribution in [0.4, 0.5) is 0 Å². The fraction of sp³-hybridized carbons (Fsp3) is 0.417. The van der Waals surface area contributed by atoms with Gasteiger partial charge in [0.05, 0.1) is 12.8 Å². The van der Waals surface area contributed by atoms with Crippen LogP contribution in [0.25, 0.3) is 0 Å². The summed E-state index contributed by atoms with van der Waals surface area (Å²) in [4.78, 5) is 13.4. The fourth-order valence-electron chi connectivity index (χ4n) is 1.40. The van der Waals surface area contributed by atoms with Gasteiger partial charge < -0.3 is 9.32 Å². The number of hydrogen-bond acceptors (Lipinski definition) is 2. The molecule has 1 rings (SSSR count). The van der Waals surface area contributed by atoms with Crippen molar-refractivity contribution in [1.82, 2.24) is 4.90 Å². The van der Waals surface area contributed by atoms with Crippen LogP contribution in [0.15, 0.2) is 34.5 Å². The minimum Gasteiger partial charge on any atom is -0.467 e. The lowest BCUT2D eigenvalue weighted by Gasteiger charge is -2.15. The van der Waals surface area contributed by atoms with Crippen molar-refractivity contribution in [3.63, 3.8) is 0 Å². The maximum atomic E-state index is 11.8. The van der Waals surface area contributed by atoms with E-state index < -0.39 is 0 Å². The molecule has 0 radical (unpaired) electrons. The van der Waals surface area contributed by atoms with Crippen LogP contribution >= 0.6 is 0 Å². The van der Waals surface area contributed by atoms with Crippen LogP contribution in [0.2, 0.25) is 0 Å². The number of nitrogens with zero attached hydrogens (tertiary/aromatic N) is 1. The Morgan fingerprint density at radius 1 is 1.60 bits per heavy atom. The summed E-state index contributed by atoms with van der Waals surface area (Å²) in [6, 6.07) is 3.69. The molecule has 0 N–H and O–H groups in total. The molecular weight excluding hydrogens is 190 g/mol. The second-order valence-corrected chi connectivity index (χ2v) is 3.54. The molecule has 0 aliphatic carbocycles. The molecular formula is C12H17NO2. The Morgan fingerprint density at radius 2 is 2.33 bits per heavy atom. The molecule has 0 bridgehead atoms. The molecule has 1 aromatic heterocycles. The number of likely N-dealkylation sites (N-methyl/N-ethyl adjacent to an activating group) is 1. The van der Waals surface area contributed by atoms with Gasteiger partial charge in [0, 0.05) is 12.6 Å². The van der Waals surface area contributed by atoms with Crippen molar-refractivity contribution in [3.05, 3.63) is 35.8 Å². The summed E-state index contributed by atoms with van der Waals surface area (Å²) in [7, 11) is 1.78.